The van der Waals surface area contributed by atoms with Crippen molar-refractivity contribution in [1.82, 2.24) is 0 Å². The zero-order valence-corrected chi connectivity index (χ0v) is 13.6. The Kier molecular flexibility index (Phi) is 9.28. The Labute approximate surface area is 133 Å². The van der Waals surface area contributed by atoms with Gasteiger partial charge in [-0.1, -0.05) is 51.2 Å². The van der Waals surface area contributed by atoms with E-state index >= 15 is 0 Å². The summed E-state index contributed by atoms with van der Waals surface area (Å²) in [5.41, 5.74) is -0.140. The molecule has 1 saturated heterocycles. The van der Waals surface area contributed by atoms with Crippen molar-refractivity contribution in [3.05, 3.63) is 23.5 Å². The molecular weight excluding hydrogens is 280 g/mol. The Morgan fingerprint density at radius 1 is 1.05 bits per heavy atom. The van der Waals surface area contributed by atoms with Crippen LogP contribution in [0.3, 0.4) is 0 Å². The molecule has 4 nitrogen and oxygen atoms in total. The lowest BCUT2D eigenvalue weighted by Crippen LogP contribution is -2.05. The number of ether oxygens (including phenoxy) is 1. The minimum absolute atomic E-state index is 0.103. The molecule has 1 N–H and O–H groups in total. The van der Waals surface area contributed by atoms with Crippen molar-refractivity contribution in [2.24, 2.45) is 0 Å². The molecule has 1 aliphatic heterocycles. The zero-order valence-electron chi connectivity index (χ0n) is 13.6. The molecule has 0 amide bonds. The Balaban J connectivity index is 2.03. The topological polar surface area (TPSA) is 63.6 Å². The van der Waals surface area contributed by atoms with Crippen LogP contribution in [0.25, 0.3) is 0 Å². The third-order valence-corrected chi connectivity index (χ3v) is 3.76. The van der Waals surface area contributed by atoms with Crippen molar-refractivity contribution in [2.45, 2.75) is 71.1 Å². The summed E-state index contributed by atoms with van der Waals surface area (Å²) in [6.45, 7) is 1.95. The number of ketones is 1. The van der Waals surface area contributed by atoms with Crippen LogP contribution in [0.5, 0.6) is 0 Å². The fourth-order valence-corrected chi connectivity index (χ4v) is 2.46. The molecule has 4 heteroatoms. The summed E-state index contributed by atoms with van der Waals surface area (Å²) in [6, 6.07) is 0. The maximum Gasteiger partial charge on any atom is 0.345 e. The number of aliphatic hydroxyl groups is 1. The minimum atomic E-state index is -0.682. The Bertz CT molecular complexity index is 403. The first-order valence-electron chi connectivity index (χ1n) is 8.44. The predicted octanol–water partition coefficient (Wildman–Crippen LogP) is 4.40. The SMILES string of the molecule is CCCC=CCCCCCCCCC(O)=C1C(=O)COC1=O. The van der Waals surface area contributed by atoms with Gasteiger partial charge in [0, 0.05) is 6.42 Å². The molecule has 0 bridgehead atoms. The highest BCUT2D eigenvalue weighted by Crippen LogP contribution is 2.18. The lowest BCUT2D eigenvalue weighted by molar-refractivity contribution is -0.135. The van der Waals surface area contributed by atoms with E-state index in [-0.39, 0.29) is 17.9 Å². The van der Waals surface area contributed by atoms with Crippen LogP contribution in [-0.2, 0) is 14.3 Å². The third kappa shape index (κ3) is 6.92. The molecule has 1 rings (SSSR count). The molecular formula is C18H28O4. The summed E-state index contributed by atoms with van der Waals surface area (Å²) in [6.07, 6.45) is 15.0. The van der Waals surface area contributed by atoms with Gasteiger partial charge in [-0.25, -0.2) is 4.79 Å². The molecule has 0 aromatic heterocycles. The number of carbonyl (C=O) groups excluding carboxylic acids is 2. The Hall–Kier alpha value is -1.58. The summed E-state index contributed by atoms with van der Waals surface area (Å²) in [5.74, 6) is -1.19. The molecule has 0 aromatic carbocycles. The molecule has 1 fully saturated rings. The van der Waals surface area contributed by atoms with Gasteiger partial charge in [-0.05, 0) is 25.7 Å². The van der Waals surface area contributed by atoms with Gasteiger partial charge in [0.1, 0.15) is 11.3 Å². The molecule has 0 radical (unpaired) electrons. The van der Waals surface area contributed by atoms with Crippen molar-refractivity contribution in [2.75, 3.05) is 6.61 Å². The van der Waals surface area contributed by atoms with E-state index in [1.807, 2.05) is 0 Å². The van der Waals surface area contributed by atoms with Gasteiger partial charge in [-0.15, -0.1) is 0 Å². The highest BCUT2D eigenvalue weighted by atomic mass is 16.5. The van der Waals surface area contributed by atoms with E-state index in [0.717, 1.165) is 25.7 Å². The first kappa shape index (κ1) is 18.5. The van der Waals surface area contributed by atoms with E-state index in [9.17, 15) is 14.7 Å². The molecule has 0 aromatic rings. The van der Waals surface area contributed by atoms with Crippen LogP contribution in [0.15, 0.2) is 23.5 Å². The lowest BCUT2D eigenvalue weighted by Gasteiger charge is -2.02. The number of allylic oxidation sites excluding steroid dienone is 3. The fraction of sp³-hybridized carbons (Fsp3) is 0.667. The minimum Gasteiger partial charge on any atom is -0.511 e. The number of cyclic esters (lactones) is 1. The van der Waals surface area contributed by atoms with Crippen LogP contribution in [0, 0.1) is 0 Å². The largest absolute Gasteiger partial charge is 0.511 e. The molecule has 0 spiro atoms. The van der Waals surface area contributed by atoms with Crippen molar-refractivity contribution < 1.29 is 19.4 Å². The average Bonchev–Trinajstić information content (AvgIpc) is 2.83. The van der Waals surface area contributed by atoms with Crippen molar-refractivity contribution >= 4 is 11.8 Å². The number of carbonyl (C=O) groups is 2. The van der Waals surface area contributed by atoms with Crippen molar-refractivity contribution in [3.8, 4) is 0 Å². The summed E-state index contributed by atoms with van der Waals surface area (Å²) >= 11 is 0. The maximum atomic E-state index is 11.4. The Morgan fingerprint density at radius 2 is 1.68 bits per heavy atom. The quantitative estimate of drug-likeness (QED) is 0.153. The van der Waals surface area contributed by atoms with Crippen LogP contribution >= 0.6 is 0 Å². The monoisotopic (exact) mass is 308 g/mol. The van der Waals surface area contributed by atoms with Crippen molar-refractivity contribution in [3.63, 3.8) is 0 Å². The lowest BCUT2D eigenvalue weighted by atomic mass is 10.0. The summed E-state index contributed by atoms with van der Waals surface area (Å²) in [5, 5.41) is 9.78. The highest BCUT2D eigenvalue weighted by molar-refractivity contribution is 6.22. The predicted molar refractivity (Wildman–Crippen MR) is 86.6 cm³/mol. The number of aliphatic hydroxyl groups excluding tert-OH is 1. The molecule has 0 saturated carbocycles. The van der Waals surface area contributed by atoms with E-state index < -0.39 is 11.8 Å². The second kappa shape index (κ2) is 11.0. The van der Waals surface area contributed by atoms with E-state index in [1.54, 1.807) is 0 Å². The summed E-state index contributed by atoms with van der Waals surface area (Å²) in [4.78, 5) is 22.6. The van der Waals surface area contributed by atoms with Gasteiger partial charge in [0.25, 0.3) is 0 Å². The Morgan fingerprint density at radius 3 is 2.32 bits per heavy atom. The summed E-state index contributed by atoms with van der Waals surface area (Å²) < 4.78 is 4.59. The van der Waals surface area contributed by atoms with Gasteiger partial charge < -0.3 is 9.84 Å². The first-order valence-corrected chi connectivity index (χ1v) is 8.44. The average molecular weight is 308 g/mol. The van der Waals surface area contributed by atoms with E-state index in [2.05, 4.69) is 23.8 Å². The van der Waals surface area contributed by atoms with Crippen LogP contribution in [0.4, 0.5) is 0 Å². The van der Waals surface area contributed by atoms with E-state index in [1.165, 1.54) is 32.1 Å². The van der Waals surface area contributed by atoms with Crippen molar-refractivity contribution in [1.29, 1.82) is 0 Å². The van der Waals surface area contributed by atoms with Crippen LogP contribution in [0.1, 0.15) is 71.1 Å². The van der Waals surface area contributed by atoms with E-state index in [0.29, 0.717) is 6.42 Å². The number of Topliss-reactive ketones (excluding diaryl/α,β-unsaturated/α-hetero) is 1. The van der Waals surface area contributed by atoms with Gasteiger partial charge in [0.05, 0.1) is 0 Å². The molecule has 1 aliphatic rings. The number of hydrogen-bond donors (Lipinski definition) is 1. The maximum absolute atomic E-state index is 11.4. The smallest absolute Gasteiger partial charge is 0.345 e. The molecule has 22 heavy (non-hydrogen) atoms. The van der Waals surface area contributed by atoms with Crippen LogP contribution in [0.2, 0.25) is 0 Å². The van der Waals surface area contributed by atoms with Crippen LogP contribution < -0.4 is 0 Å². The number of hydrogen-bond acceptors (Lipinski definition) is 4. The second-order valence-corrected chi connectivity index (χ2v) is 5.74. The first-order chi connectivity index (χ1) is 10.7. The van der Waals surface area contributed by atoms with Gasteiger partial charge in [-0.2, -0.15) is 0 Å². The van der Waals surface area contributed by atoms with Gasteiger partial charge in [-0.3, -0.25) is 4.79 Å². The normalized spacial score (nSPS) is 17.3. The number of esters is 1. The summed E-state index contributed by atoms with van der Waals surface area (Å²) in [7, 11) is 0. The number of rotatable bonds is 11. The number of unbranched alkanes of at least 4 members (excludes halogenated alkanes) is 7. The molecule has 124 valence electrons. The third-order valence-electron chi connectivity index (χ3n) is 3.76. The van der Waals surface area contributed by atoms with Gasteiger partial charge in [0.15, 0.2) is 6.61 Å². The van der Waals surface area contributed by atoms with Crippen LogP contribution in [-0.4, -0.2) is 23.5 Å². The molecule has 0 unspecified atom stereocenters. The second-order valence-electron chi connectivity index (χ2n) is 5.74. The van der Waals surface area contributed by atoms with Gasteiger partial charge in [0.2, 0.25) is 5.78 Å². The molecule has 0 atom stereocenters. The molecule has 1 heterocycles. The van der Waals surface area contributed by atoms with Gasteiger partial charge >= 0.3 is 5.97 Å². The fourth-order valence-electron chi connectivity index (χ4n) is 2.46. The highest BCUT2D eigenvalue weighted by Gasteiger charge is 2.31. The standard InChI is InChI=1S/C18H28O4/c1-2-3-4-5-6-7-8-9-10-11-12-13-15(19)17-16(20)14-22-18(17)21/h4-5,19H,2-3,6-14H2,1H3. The zero-order chi connectivity index (χ0) is 16.2. The van der Waals surface area contributed by atoms with E-state index in [4.69, 9.17) is 0 Å². The molecule has 0 aliphatic carbocycles.